The van der Waals surface area contributed by atoms with E-state index in [-0.39, 0.29) is 29.4 Å². The van der Waals surface area contributed by atoms with Crippen molar-refractivity contribution >= 4 is 29.2 Å². The van der Waals surface area contributed by atoms with Gasteiger partial charge in [-0.15, -0.1) is 12.4 Å². The number of amides is 1. The van der Waals surface area contributed by atoms with Gasteiger partial charge >= 0.3 is 0 Å². The van der Waals surface area contributed by atoms with Crippen LogP contribution >= 0.6 is 12.4 Å². The van der Waals surface area contributed by atoms with Gasteiger partial charge in [-0.25, -0.2) is 0 Å². The third kappa shape index (κ3) is 3.48. The van der Waals surface area contributed by atoms with Crippen molar-refractivity contribution in [2.24, 2.45) is 5.73 Å². The minimum atomic E-state index is -0.463. The van der Waals surface area contributed by atoms with Gasteiger partial charge in [-0.1, -0.05) is 32.0 Å². The molecule has 0 unspecified atom stereocenters. The van der Waals surface area contributed by atoms with E-state index in [2.05, 4.69) is 10.3 Å². The van der Waals surface area contributed by atoms with Gasteiger partial charge in [0, 0.05) is 12.1 Å². The van der Waals surface area contributed by atoms with Crippen LogP contribution in [0, 0.1) is 0 Å². The molecule has 1 amide bonds. The number of hydrogen-bond acceptors (Lipinski definition) is 3. The summed E-state index contributed by atoms with van der Waals surface area (Å²) >= 11 is 0. The van der Waals surface area contributed by atoms with Gasteiger partial charge in [0.05, 0.1) is 5.54 Å². The predicted molar refractivity (Wildman–Crippen MR) is 91.7 cm³/mol. The quantitative estimate of drug-likeness (QED) is 0.788. The fraction of sp³-hybridized carbons (Fsp3) is 0.375. The molecule has 1 aromatic carbocycles. The van der Waals surface area contributed by atoms with Gasteiger partial charge in [0.2, 0.25) is 0 Å². The normalized spacial score (nSPS) is 11.0. The molecule has 0 fully saturated rings. The van der Waals surface area contributed by atoms with Crippen LogP contribution in [0.3, 0.4) is 0 Å². The molecule has 22 heavy (non-hydrogen) atoms. The Balaban J connectivity index is 0.00000242. The largest absolute Gasteiger partial charge is 0.345 e. The summed E-state index contributed by atoms with van der Waals surface area (Å²) in [6.45, 7) is 4.29. The number of benzene rings is 1. The summed E-state index contributed by atoms with van der Waals surface area (Å²) in [5.41, 5.74) is 5.77. The number of fused-ring (bicyclic) bond motifs is 1. The van der Waals surface area contributed by atoms with Gasteiger partial charge < -0.3 is 16.0 Å². The summed E-state index contributed by atoms with van der Waals surface area (Å²) in [5.74, 6) is -0.379. The third-order valence-corrected chi connectivity index (χ3v) is 4.12. The van der Waals surface area contributed by atoms with Crippen LogP contribution in [0.1, 0.15) is 37.0 Å². The van der Waals surface area contributed by atoms with E-state index in [1.807, 2.05) is 32.0 Å². The summed E-state index contributed by atoms with van der Waals surface area (Å²) < 4.78 is 0. The Kier molecular flexibility index (Phi) is 6.14. The van der Waals surface area contributed by atoms with Gasteiger partial charge in [0.25, 0.3) is 11.5 Å². The minimum absolute atomic E-state index is 0. The molecule has 120 valence electrons. The number of nitrogens with one attached hydrogen (secondary N) is 2. The molecular weight excluding hydrogens is 302 g/mol. The Morgan fingerprint density at radius 1 is 1.27 bits per heavy atom. The SMILES string of the molecule is CCC(CC)(CN)NC(=O)c1cc2ccccc2[nH]c1=O.Cl. The summed E-state index contributed by atoms with van der Waals surface area (Å²) in [6.07, 6.45) is 1.44. The molecule has 0 spiro atoms. The van der Waals surface area contributed by atoms with Crippen LogP contribution in [-0.2, 0) is 0 Å². The number of carbonyl (C=O) groups is 1. The molecule has 1 heterocycles. The highest BCUT2D eigenvalue weighted by molar-refractivity contribution is 5.97. The molecule has 2 aromatic rings. The first kappa shape index (κ1) is 18.2. The van der Waals surface area contributed by atoms with Crippen LogP contribution in [0.4, 0.5) is 0 Å². The van der Waals surface area contributed by atoms with Gasteiger partial charge in [0.15, 0.2) is 0 Å². The van der Waals surface area contributed by atoms with E-state index in [0.29, 0.717) is 6.54 Å². The van der Waals surface area contributed by atoms with Crippen LogP contribution in [-0.4, -0.2) is 23.0 Å². The first-order chi connectivity index (χ1) is 10.0. The van der Waals surface area contributed by atoms with E-state index in [1.54, 1.807) is 12.1 Å². The van der Waals surface area contributed by atoms with Crippen LogP contribution < -0.4 is 16.6 Å². The Bertz CT molecular complexity index is 700. The summed E-state index contributed by atoms with van der Waals surface area (Å²) in [7, 11) is 0. The first-order valence-corrected chi connectivity index (χ1v) is 7.20. The maximum absolute atomic E-state index is 12.4. The number of aromatic nitrogens is 1. The van der Waals surface area contributed by atoms with Crippen molar-refractivity contribution in [1.82, 2.24) is 10.3 Å². The number of rotatable bonds is 5. The number of pyridine rings is 1. The standard InChI is InChI=1S/C16H21N3O2.ClH/c1-3-16(4-2,10-17)19-15(21)12-9-11-7-5-6-8-13(11)18-14(12)20;/h5-9H,3-4,10,17H2,1-2H3,(H,18,20)(H,19,21);1H. The van der Waals surface area contributed by atoms with E-state index in [9.17, 15) is 9.59 Å². The molecule has 0 aliphatic heterocycles. The molecule has 4 N–H and O–H groups in total. The van der Waals surface area contributed by atoms with Crippen molar-refractivity contribution in [3.05, 3.63) is 46.2 Å². The molecule has 0 bridgehead atoms. The number of aromatic amines is 1. The van der Waals surface area contributed by atoms with Crippen LogP contribution in [0.2, 0.25) is 0 Å². The highest BCUT2D eigenvalue weighted by Gasteiger charge is 2.27. The molecular formula is C16H22ClN3O2. The zero-order valence-electron chi connectivity index (χ0n) is 12.8. The number of nitrogens with two attached hydrogens (primary N) is 1. The lowest BCUT2D eigenvalue weighted by atomic mass is 9.92. The minimum Gasteiger partial charge on any atom is -0.345 e. The Morgan fingerprint density at radius 3 is 2.50 bits per heavy atom. The lowest BCUT2D eigenvalue weighted by molar-refractivity contribution is 0.0894. The number of para-hydroxylation sites is 1. The summed E-state index contributed by atoms with van der Waals surface area (Å²) in [4.78, 5) is 27.2. The second-order valence-electron chi connectivity index (χ2n) is 5.25. The smallest absolute Gasteiger partial charge is 0.261 e. The Morgan fingerprint density at radius 2 is 1.91 bits per heavy atom. The molecule has 0 saturated heterocycles. The van der Waals surface area contributed by atoms with Crippen molar-refractivity contribution in [2.75, 3.05) is 6.54 Å². The van der Waals surface area contributed by atoms with Crippen molar-refractivity contribution in [3.63, 3.8) is 0 Å². The molecule has 0 radical (unpaired) electrons. The van der Waals surface area contributed by atoms with Crippen molar-refractivity contribution < 1.29 is 4.79 Å². The second-order valence-corrected chi connectivity index (χ2v) is 5.25. The number of hydrogen-bond donors (Lipinski definition) is 3. The number of halogens is 1. The van der Waals surface area contributed by atoms with Crippen molar-refractivity contribution in [2.45, 2.75) is 32.2 Å². The lowest BCUT2D eigenvalue weighted by Crippen LogP contribution is -2.53. The first-order valence-electron chi connectivity index (χ1n) is 7.20. The average Bonchev–Trinajstić information content (AvgIpc) is 2.52. The third-order valence-electron chi connectivity index (χ3n) is 4.12. The van der Waals surface area contributed by atoms with E-state index in [4.69, 9.17) is 5.73 Å². The zero-order valence-corrected chi connectivity index (χ0v) is 13.6. The molecule has 0 aliphatic rings. The Hall–Kier alpha value is -1.85. The summed E-state index contributed by atoms with van der Waals surface area (Å²) in [6, 6.07) is 8.99. The number of carbonyl (C=O) groups excluding carboxylic acids is 1. The zero-order chi connectivity index (χ0) is 15.5. The summed E-state index contributed by atoms with van der Waals surface area (Å²) in [5, 5.41) is 3.74. The second kappa shape index (κ2) is 7.42. The van der Waals surface area contributed by atoms with Crippen molar-refractivity contribution in [3.8, 4) is 0 Å². The lowest BCUT2D eigenvalue weighted by Gasteiger charge is -2.31. The van der Waals surface area contributed by atoms with Gasteiger partial charge in [0.1, 0.15) is 5.56 Å². The molecule has 6 heteroatoms. The van der Waals surface area contributed by atoms with E-state index < -0.39 is 5.54 Å². The van der Waals surface area contributed by atoms with Crippen LogP contribution in [0.25, 0.3) is 10.9 Å². The maximum atomic E-state index is 12.4. The van der Waals surface area contributed by atoms with Crippen molar-refractivity contribution in [1.29, 1.82) is 0 Å². The highest BCUT2D eigenvalue weighted by atomic mass is 35.5. The predicted octanol–water partition coefficient (Wildman–Crippen LogP) is 2.20. The molecule has 0 aliphatic carbocycles. The number of H-pyrrole nitrogens is 1. The Labute approximate surface area is 135 Å². The van der Waals surface area contributed by atoms with Gasteiger partial charge in [-0.3, -0.25) is 9.59 Å². The van der Waals surface area contributed by atoms with Crippen LogP contribution in [0.5, 0.6) is 0 Å². The average molecular weight is 324 g/mol. The highest BCUT2D eigenvalue weighted by Crippen LogP contribution is 2.15. The van der Waals surface area contributed by atoms with Gasteiger partial charge in [-0.05, 0) is 30.4 Å². The molecule has 0 atom stereocenters. The van der Waals surface area contributed by atoms with Crippen LogP contribution in [0.15, 0.2) is 35.1 Å². The van der Waals surface area contributed by atoms with E-state index in [0.717, 1.165) is 23.7 Å². The van der Waals surface area contributed by atoms with Gasteiger partial charge in [-0.2, -0.15) is 0 Å². The molecule has 2 rings (SSSR count). The molecule has 1 aromatic heterocycles. The van der Waals surface area contributed by atoms with E-state index in [1.165, 1.54) is 0 Å². The fourth-order valence-corrected chi connectivity index (χ4v) is 2.39. The van der Waals surface area contributed by atoms with E-state index >= 15 is 0 Å². The fourth-order valence-electron chi connectivity index (χ4n) is 2.39. The maximum Gasteiger partial charge on any atom is 0.261 e. The monoisotopic (exact) mass is 323 g/mol. The molecule has 0 saturated carbocycles. The molecule has 5 nitrogen and oxygen atoms in total. The topological polar surface area (TPSA) is 88.0 Å².